The van der Waals surface area contributed by atoms with Crippen molar-refractivity contribution in [1.82, 2.24) is 20.8 Å². The van der Waals surface area contributed by atoms with E-state index < -0.39 is 0 Å². The Labute approximate surface area is 121 Å². The van der Waals surface area contributed by atoms with Crippen molar-refractivity contribution in [2.45, 2.75) is 0 Å². The van der Waals surface area contributed by atoms with Gasteiger partial charge in [-0.3, -0.25) is 20.8 Å². The molecular formula is C13H12N6S. The van der Waals surface area contributed by atoms with Crippen LogP contribution in [0.1, 0.15) is 11.1 Å². The van der Waals surface area contributed by atoms with Crippen LogP contribution >= 0.6 is 12.2 Å². The number of hydrogen-bond donors (Lipinski definition) is 2. The number of hydrogen-bond acceptors (Lipinski definition) is 5. The number of hydrazone groups is 2. The second-order valence-corrected chi connectivity index (χ2v) is 4.04. The maximum absolute atomic E-state index is 5.01. The molecule has 0 aliphatic carbocycles. The molecule has 2 aromatic rings. The van der Waals surface area contributed by atoms with E-state index in [1.54, 1.807) is 37.2 Å². The average molecular weight is 284 g/mol. The van der Waals surface area contributed by atoms with Gasteiger partial charge in [-0.2, -0.15) is 10.2 Å². The highest BCUT2D eigenvalue weighted by molar-refractivity contribution is 7.80. The number of pyridine rings is 2. The number of nitrogens with one attached hydrogen (secondary N) is 2. The molecule has 0 aliphatic heterocycles. The number of thiocarbonyl (C=S) groups is 1. The Morgan fingerprint density at radius 2 is 1.25 bits per heavy atom. The van der Waals surface area contributed by atoms with Gasteiger partial charge in [-0.25, -0.2) is 0 Å². The second kappa shape index (κ2) is 7.70. The average Bonchev–Trinajstić information content (AvgIpc) is 2.49. The third-order valence-electron chi connectivity index (χ3n) is 2.17. The molecule has 0 unspecified atom stereocenters. The lowest BCUT2D eigenvalue weighted by Crippen LogP contribution is -2.28. The molecule has 7 heteroatoms. The largest absolute Gasteiger partial charge is 0.265 e. The maximum atomic E-state index is 5.01. The Morgan fingerprint density at radius 1 is 0.850 bits per heavy atom. The zero-order valence-corrected chi connectivity index (χ0v) is 11.3. The van der Waals surface area contributed by atoms with Gasteiger partial charge in [-0.1, -0.05) is 0 Å². The van der Waals surface area contributed by atoms with Crippen molar-refractivity contribution in [2.24, 2.45) is 10.2 Å². The van der Waals surface area contributed by atoms with E-state index in [0.717, 1.165) is 11.1 Å². The molecule has 0 atom stereocenters. The van der Waals surface area contributed by atoms with Gasteiger partial charge in [0.05, 0.1) is 12.4 Å². The van der Waals surface area contributed by atoms with Crippen LogP contribution in [-0.2, 0) is 0 Å². The third-order valence-corrected chi connectivity index (χ3v) is 2.35. The molecule has 0 saturated heterocycles. The minimum Gasteiger partial charge on any atom is -0.265 e. The molecule has 0 amide bonds. The zero-order chi connectivity index (χ0) is 14.0. The summed E-state index contributed by atoms with van der Waals surface area (Å²) in [7, 11) is 0. The van der Waals surface area contributed by atoms with E-state index in [0.29, 0.717) is 5.11 Å². The Kier molecular flexibility index (Phi) is 5.29. The van der Waals surface area contributed by atoms with Gasteiger partial charge in [0.1, 0.15) is 0 Å². The maximum Gasteiger partial charge on any atom is 0.207 e. The molecule has 20 heavy (non-hydrogen) atoms. The van der Waals surface area contributed by atoms with Crippen molar-refractivity contribution in [1.29, 1.82) is 0 Å². The summed E-state index contributed by atoms with van der Waals surface area (Å²) in [5, 5.41) is 8.26. The molecule has 0 aliphatic rings. The Balaban J connectivity index is 1.76. The normalized spacial score (nSPS) is 10.8. The lowest BCUT2D eigenvalue weighted by atomic mass is 10.3. The highest BCUT2D eigenvalue weighted by Gasteiger charge is 1.90. The van der Waals surface area contributed by atoms with E-state index >= 15 is 0 Å². The van der Waals surface area contributed by atoms with Crippen molar-refractivity contribution < 1.29 is 0 Å². The molecule has 6 nitrogen and oxygen atoms in total. The van der Waals surface area contributed by atoms with Gasteiger partial charge in [0.25, 0.3) is 0 Å². The summed E-state index contributed by atoms with van der Waals surface area (Å²) < 4.78 is 0. The van der Waals surface area contributed by atoms with E-state index in [-0.39, 0.29) is 0 Å². The Bertz CT molecular complexity index is 543. The molecule has 0 saturated carbocycles. The first-order chi connectivity index (χ1) is 9.84. The van der Waals surface area contributed by atoms with Crippen LogP contribution in [0, 0.1) is 0 Å². The zero-order valence-electron chi connectivity index (χ0n) is 10.5. The van der Waals surface area contributed by atoms with Gasteiger partial charge < -0.3 is 0 Å². The van der Waals surface area contributed by atoms with Gasteiger partial charge in [0.2, 0.25) is 5.11 Å². The van der Waals surface area contributed by atoms with Crippen LogP contribution in [0.4, 0.5) is 0 Å². The summed E-state index contributed by atoms with van der Waals surface area (Å²) in [5.74, 6) is 0. The van der Waals surface area contributed by atoms with Gasteiger partial charge in [0.15, 0.2) is 0 Å². The summed E-state index contributed by atoms with van der Waals surface area (Å²) in [6.07, 6.45) is 10.0. The highest BCUT2D eigenvalue weighted by atomic mass is 32.1. The number of nitrogens with zero attached hydrogens (tertiary/aromatic N) is 4. The van der Waals surface area contributed by atoms with Crippen LogP contribution in [0.2, 0.25) is 0 Å². The van der Waals surface area contributed by atoms with Crippen LogP contribution in [0.15, 0.2) is 59.3 Å². The van der Waals surface area contributed by atoms with Gasteiger partial charge in [0, 0.05) is 24.8 Å². The van der Waals surface area contributed by atoms with Gasteiger partial charge >= 0.3 is 0 Å². The van der Waals surface area contributed by atoms with E-state index in [9.17, 15) is 0 Å². The number of aromatic nitrogens is 2. The van der Waals surface area contributed by atoms with Crippen LogP contribution in [0.5, 0.6) is 0 Å². The summed E-state index contributed by atoms with van der Waals surface area (Å²) in [6.45, 7) is 0. The summed E-state index contributed by atoms with van der Waals surface area (Å²) in [4.78, 5) is 7.83. The van der Waals surface area contributed by atoms with Crippen LogP contribution in [0.3, 0.4) is 0 Å². The molecular weight excluding hydrogens is 272 g/mol. The van der Waals surface area contributed by atoms with Gasteiger partial charge in [-0.15, -0.1) is 0 Å². The molecule has 2 heterocycles. The van der Waals surface area contributed by atoms with E-state index in [1.165, 1.54) is 0 Å². The van der Waals surface area contributed by atoms with E-state index in [2.05, 4.69) is 31.0 Å². The molecule has 2 rings (SSSR count). The lowest BCUT2D eigenvalue weighted by molar-refractivity contribution is 0.934. The minimum atomic E-state index is 0.306. The highest BCUT2D eigenvalue weighted by Crippen LogP contribution is 1.91. The van der Waals surface area contributed by atoms with Crippen LogP contribution in [-0.4, -0.2) is 27.5 Å². The Hall–Kier alpha value is -2.67. The first-order valence-corrected chi connectivity index (χ1v) is 6.17. The SMILES string of the molecule is S=C(N/N=C/c1ccncc1)N/N=C/c1ccncc1. The fraction of sp³-hybridized carbons (Fsp3) is 0. The van der Waals surface area contributed by atoms with E-state index in [1.807, 2.05) is 24.3 Å². The second-order valence-electron chi connectivity index (χ2n) is 3.63. The fourth-order valence-electron chi connectivity index (χ4n) is 1.25. The van der Waals surface area contributed by atoms with Crippen LogP contribution < -0.4 is 10.9 Å². The van der Waals surface area contributed by atoms with Crippen molar-refractivity contribution in [3.05, 3.63) is 60.2 Å². The minimum absolute atomic E-state index is 0.306. The summed E-state index contributed by atoms with van der Waals surface area (Å²) in [6, 6.07) is 7.35. The summed E-state index contributed by atoms with van der Waals surface area (Å²) in [5.41, 5.74) is 7.17. The molecule has 0 spiro atoms. The van der Waals surface area contributed by atoms with Crippen molar-refractivity contribution in [2.75, 3.05) is 0 Å². The fourth-order valence-corrected chi connectivity index (χ4v) is 1.36. The first kappa shape index (κ1) is 13.8. The predicted octanol–water partition coefficient (Wildman–Crippen LogP) is 1.31. The topological polar surface area (TPSA) is 74.6 Å². The van der Waals surface area contributed by atoms with E-state index in [4.69, 9.17) is 12.2 Å². The van der Waals surface area contributed by atoms with Crippen molar-refractivity contribution >= 4 is 29.8 Å². The standard InChI is InChI=1S/C13H12N6S/c20-13(18-16-9-11-1-5-14-6-2-11)19-17-10-12-3-7-15-8-4-12/h1-10H,(H2,18,19,20)/b16-9+,17-10+. The van der Waals surface area contributed by atoms with Crippen molar-refractivity contribution in [3.8, 4) is 0 Å². The molecule has 0 fully saturated rings. The number of rotatable bonds is 4. The summed E-state index contributed by atoms with van der Waals surface area (Å²) >= 11 is 5.01. The molecule has 2 N–H and O–H groups in total. The first-order valence-electron chi connectivity index (χ1n) is 5.77. The lowest BCUT2D eigenvalue weighted by Gasteiger charge is -2.00. The molecule has 2 aromatic heterocycles. The predicted molar refractivity (Wildman–Crippen MR) is 82.5 cm³/mol. The molecule has 0 aromatic carbocycles. The quantitative estimate of drug-likeness (QED) is 0.503. The molecule has 100 valence electrons. The smallest absolute Gasteiger partial charge is 0.207 e. The third kappa shape index (κ3) is 4.91. The molecule has 0 bridgehead atoms. The van der Waals surface area contributed by atoms with Gasteiger partial charge in [-0.05, 0) is 47.6 Å². The monoisotopic (exact) mass is 284 g/mol. The van der Waals surface area contributed by atoms with Crippen LogP contribution in [0.25, 0.3) is 0 Å². The molecule has 0 radical (unpaired) electrons. The Morgan fingerprint density at radius 3 is 1.65 bits per heavy atom. The van der Waals surface area contributed by atoms with Crippen molar-refractivity contribution in [3.63, 3.8) is 0 Å².